The molecule has 0 saturated heterocycles. The van der Waals surface area contributed by atoms with Crippen molar-refractivity contribution < 1.29 is 14.6 Å². The Labute approximate surface area is 82.6 Å². The third-order valence-electron chi connectivity index (χ3n) is 1.90. The molecular weight excluding hydrogens is 182 g/mol. The summed E-state index contributed by atoms with van der Waals surface area (Å²) < 4.78 is 9.69. The van der Waals surface area contributed by atoms with Crippen molar-refractivity contribution in [3.05, 3.63) is 29.8 Å². The summed E-state index contributed by atoms with van der Waals surface area (Å²) in [5.41, 5.74) is 0.529. The first-order chi connectivity index (χ1) is 6.70. The molecule has 1 atom stereocenters. The van der Waals surface area contributed by atoms with E-state index in [0.717, 1.165) is 0 Å². The number of hydrogen-bond donors (Lipinski definition) is 2. The summed E-state index contributed by atoms with van der Waals surface area (Å²) in [6.07, 6.45) is -1.07. The first-order valence-corrected chi connectivity index (χ1v) is 4.14. The van der Waals surface area contributed by atoms with Gasteiger partial charge in [0.05, 0.1) is 14.2 Å². The Balaban J connectivity index is 2.99. The van der Waals surface area contributed by atoms with Crippen LogP contribution in [0.15, 0.2) is 24.3 Å². The maximum Gasteiger partial charge on any atom is 0.214 e. The molecule has 0 aromatic heterocycles. The Morgan fingerprint density at radius 3 is 2.57 bits per heavy atom. The lowest BCUT2D eigenvalue weighted by Crippen LogP contribution is -2.13. The van der Waals surface area contributed by atoms with Gasteiger partial charge < -0.3 is 14.6 Å². The lowest BCUT2D eigenvalue weighted by Gasteiger charge is -2.14. The highest BCUT2D eigenvalue weighted by molar-refractivity contribution is 5.79. The molecule has 0 saturated carbocycles. The first-order valence-electron chi connectivity index (χ1n) is 4.14. The Morgan fingerprint density at radius 1 is 1.36 bits per heavy atom. The van der Waals surface area contributed by atoms with Crippen molar-refractivity contribution in [2.75, 3.05) is 14.2 Å². The minimum atomic E-state index is -1.07. The summed E-state index contributed by atoms with van der Waals surface area (Å²) in [7, 11) is 2.86. The Bertz CT molecular complexity index is 325. The number of aliphatic hydroxyl groups excluding tert-OH is 1. The predicted molar refractivity (Wildman–Crippen MR) is 52.7 cm³/mol. The van der Waals surface area contributed by atoms with Crippen molar-refractivity contribution in [3.63, 3.8) is 0 Å². The number of aliphatic hydroxyl groups is 1. The van der Waals surface area contributed by atoms with Crippen LogP contribution in [0.2, 0.25) is 0 Å². The second-order valence-corrected chi connectivity index (χ2v) is 2.71. The average molecular weight is 195 g/mol. The molecule has 0 spiro atoms. The van der Waals surface area contributed by atoms with E-state index in [4.69, 9.17) is 10.1 Å². The molecule has 2 N–H and O–H groups in total. The standard InChI is InChI=1S/C10H13NO3/c1-13-8-6-4-3-5-7(8)9(12)10(11)14-2/h3-6,9,11-12H,1-2H3/t9-/m1/s1. The van der Waals surface area contributed by atoms with E-state index in [0.29, 0.717) is 11.3 Å². The van der Waals surface area contributed by atoms with Crippen LogP contribution in [-0.4, -0.2) is 25.2 Å². The van der Waals surface area contributed by atoms with Gasteiger partial charge in [-0.1, -0.05) is 18.2 Å². The van der Waals surface area contributed by atoms with Gasteiger partial charge in [-0.25, -0.2) is 0 Å². The van der Waals surface area contributed by atoms with Crippen molar-refractivity contribution in [3.8, 4) is 5.75 Å². The van der Waals surface area contributed by atoms with Crippen molar-refractivity contribution in [2.24, 2.45) is 0 Å². The van der Waals surface area contributed by atoms with Gasteiger partial charge in [-0.15, -0.1) is 0 Å². The summed E-state index contributed by atoms with van der Waals surface area (Å²) in [6.45, 7) is 0. The van der Waals surface area contributed by atoms with Crippen LogP contribution in [0.1, 0.15) is 11.7 Å². The molecule has 76 valence electrons. The second-order valence-electron chi connectivity index (χ2n) is 2.71. The number of para-hydroxylation sites is 1. The molecule has 1 aromatic rings. The van der Waals surface area contributed by atoms with E-state index in [1.807, 2.05) is 0 Å². The lowest BCUT2D eigenvalue weighted by atomic mass is 10.1. The monoisotopic (exact) mass is 195 g/mol. The average Bonchev–Trinajstić information content (AvgIpc) is 2.26. The zero-order chi connectivity index (χ0) is 10.6. The van der Waals surface area contributed by atoms with Crippen LogP contribution in [0.3, 0.4) is 0 Å². The number of methoxy groups -OCH3 is 2. The van der Waals surface area contributed by atoms with Crippen molar-refractivity contribution in [1.82, 2.24) is 0 Å². The van der Waals surface area contributed by atoms with Gasteiger partial charge in [-0.2, -0.15) is 0 Å². The maximum absolute atomic E-state index is 9.67. The van der Waals surface area contributed by atoms with Gasteiger partial charge in [0.1, 0.15) is 5.75 Å². The van der Waals surface area contributed by atoms with E-state index < -0.39 is 6.10 Å². The molecule has 0 unspecified atom stereocenters. The number of benzene rings is 1. The molecule has 0 fully saturated rings. The third-order valence-corrected chi connectivity index (χ3v) is 1.90. The zero-order valence-corrected chi connectivity index (χ0v) is 8.15. The fourth-order valence-electron chi connectivity index (χ4n) is 1.15. The van der Waals surface area contributed by atoms with Gasteiger partial charge in [0.2, 0.25) is 5.90 Å². The summed E-state index contributed by atoms with van der Waals surface area (Å²) in [5, 5.41) is 17.0. The molecule has 4 nitrogen and oxygen atoms in total. The summed E-state index contributed by atoms with van der Waals surface area (Å²) >= 11 is 0. The van der Waals surface area contributed by atoms with Gasteiger partial charge in [0.25, 0.3) is 0 Å². The Morgan fingerprint density at radius 2 is 2.00 bits per heavy atom. The van der Waals surface area contributed by atoms with Gasteiger partial charge in [-0.05, 0) is 6.07 Å². The third kappa shape index (κ3) is 2.03. The topological polar surface area (TPSA) is 62.5 Å². The van der Waals surface area contributed by atoms with E-state index in [9.17, 15) is 5.11 Å². The highest BCUT2D eigenvalue weighted by Gasteiger charge is 2.17. The minimum Gasteiger partial charge on any atom is -0.496 e. The van der Waals surface area contributed by atoms with Crippen LogP contribution >= 0.6 is 0 Å². The van der Waals surface area contributed by atoms with Gasteiger partial charge in [0.15, 0.2) is 6.10 Å². The largest absolute Gasteiger partial charge is 0.496 e. The molecule has 0 aliphatic heterocycles. The molecule has 0 amide bonds. The van der Waals surface area contributed by atoms with Crippen LogP contribution in [-0.2, 0) is 4.74 Å². The molecule has 0 bridgehead atoms. The number of rotatable bonds is 3. The van der Waals surface area contributed by atoms with Crippen molar-refractivity contribution in [1.29, 1.82) is 5.41 Å². The van der Waals surface area contributed by atoms with Gasteiger partial charge >= 0.3 is 0 Å². The summed E-state index contributed by atoms with van der Waals surface area (Å²) in [6, 6.07) is 6.98. The van der Waals surface area contributed by atoms with E-state index in [1.54, 1.807) is 24.3 Å². The maximum atomic E-state index is 9.67. The zero-order valence-electron chi connectivity index (χ0n) is 8.15. The molecular formula is C10H13NO3. The molecule has 1 rings (SSSR count). The first kappa shape index (κ1) is 10.5. The smallest absolute Gasteiger partial charge is 0.214 e. The predicted octanol–water partition coefficient (Wildman–Crippen LogP) is 1.35. The minimum absolute atomic E-state index is 0.200. The number of hydrogen-bond acceptors (Lipinski definition) is 4. The van der Waals surface area contributed by atoms with Crippen molar-refractivity contribution in [2.45, 2.75) is 6.10 Å². The molecule has 0 heterocycles. The highest BCUT2D eigenvalue weighted by Crippen LogP contribution is 2.25. The molecule has 0 radical (unpaired) electrons. The molecule has 14 heavy (non-hydrogen) atoms. The van der Waals surface area contributed by atoms with Gasteiger partial charge in [0, 0.05) is 5.56 Å². The second kappa shape index (κ2) is 4.62. The summed E-state index contributed by atoms with van der Waals surface area (Å²) in [5.74, 6) is 0.344. The van der Waals surface area contributed by atoms with Crippen LogP contribution in [0.25, 0.3) is 0 Å². The van der Waals surface area contributed by atoms with Crippen molar-refractivity contribution >= 4 is 5.90 Å². The fraction of sp³-hybridized carbons (Fsp3) is 0.300. The van der Waals surface area contributed by atoms with E-state index in [1.165, 1.54) is 14.2 Å². The lowest BCUT2D eigenvalue weighted by molar-refractivity contribution is 0.201. The van der Waals surface area contributed by atoms with Crippen LogP contribution < -0.4 is 4.74 Å². The normalized spacial score (nSPS) is 11.9. The van der Waals surface area contributed by atoms with E-state index in [-0.39, 0.29) is 5.90 Å². The van der Waals surface area contributed by atoms with Gasteiger partial charge in [-0.3, -0.25) is 5.41 Å². The quantitative estimate of drug-likeness (QED) is 0.565. The highest BCUT2D eigenvalue weighted by atomic mass is 16.5. The molecule has 0 aliphatic rings. The SMILES string of the molecule is COC(=N)[C@H](O)c1ccccc1OC. The Kier molecular flexibility index (Phi) is 3.48. The molecule has 1 aromatic carbocycles. The van der Waals surface area contributed by atoms with Crippen LogP contribution in [0.4, 0.5) is 0 Å². The van der Waals surface area contributed by atoms with Crippen LogP contribution in [0.5, 0.6) is 5.75 Å². The fourth-order valence-corrected chi connectivity index (χ4v) is 1.15. The Hall–Kier alpha value is -1.55. The number of ether oxygens (including phenoxy) is 2. The molecule has 4 heteroatoms. The molecule has 0 aliphatic carbocycles. The summed E-state index contributed by atoms with van der Waals surface area (Å²) in [4.78, 5) is 0. The number of nitrogens with one attached hydrogen (secondary N) is 1. The van der Waals surface area contributed by atoms with E-state index in [2.05, 4.69) is 4.74 Å². The van der Waals surface area contributed by atoms with E-state index >= 15 is 0 Å². The van der Waals surface area contributed by atoms with Crippen LogP contribution in [0, 0.1) is 5.41 Å².